The molecule has 2 aromatic carbocycles. The highest BCUT2D eigenvalue weighted by Crippen LogP contribution is 2.22. The van der Waals surface area contributed by atoms with Crippen LogP contribution in [0.5, 0.6) is 0 Å². The third-order valence-corrected chi connectivity index (χ3v) is 7.28. The number of carbonyl (C=O) groups is 2. The normalized spacial score (nSPS) is 14.1. The summed E-state index contributed by atoms with van der Waals surface area (Å²) in [5, 5.41) is 3.49. The van der Waals surface area contributed by atoms with Crippen LogP contribution < -0.4 is 10.2 Å². The van der Waals surface area contributed by atoms with Crippen molar-refractivity contribution in [2.24, 2.45) is 0 Å². The highest BCUT2D eigenvalue weighted by Gasteiger charge is 2.29. The molecule has 0 bridgehead atoms. The van der Waals surface area contributed by atoms with Crippen LogP contribution in [-0.4, -0.2) is 64.8 Å². The van der Waals surface area contributed by atoms with Crippen molar-refractivity contribution >= 4 is 35.0 Å². The number of aromatic nitrogens is 2. The zero-order valence-corrected chi connectivity index (χ0v) is 23.3. The molecule has 1 unspecified atom stereocenters. The number of rotatable bonds is 10. The van der Waals surface area contributed by atoms with E-state index in [9.17, 15) is 14.0 Å². The first-order valence-electron chi connectivity index (χ1n) is 13.0. The number of nitrogens with zero attached hydrogens (tertiary/aromatic N) is 4. The van der Waals surface area contributed by atoms with Crippen molar-refractivity contribution in [3.05, 3.63) is 77.4 Å². The van der Waals surface area contributed by atoms with Gasteiger partial charge in [-0.15, -0.1) is 0 Å². The first-order chi connectivity index (χ1) is 18.8. The molecule has 0 radical (unpaired) electrons. The predicted octanol–water partition coefficient (Wildman–Crippen LogP) is 4.61. The van der Waals surface area contributed by atoms with Crippen molar-refractivity contribution < 1.29 is 18.7 Å². The zero-order chi connectivity index (χ0) is 27.8. The van der Waals surface area contributed by atoms with E-state index in [1.165, 1.54) is 23.9 Å². The molecule has 2 heterocycles. The zero-order valence-electron chi connectivity index (χ0n) is 22.5. The van der Waals surface area contributed by atoms with Crippen LogP contribution in [-0.2, 0) is 20.9 Å². The van der Waals surface area contributed by atoms with Gasteiger partial charge in [0.2, 0.25) is 11.8 Å². The van der Waals surface area contributed by atoms with Gasteiger partial charge < -0.3 is 19.9 Å². The van der Waals surface area contributed by atoms with E-state index in [1.807, 2.05) is 51.1 Å². The number of amides is 2. The molecule has 0 aliphatic carbocycles. The molecule has 1 aliphatic rings. The molecule has 39 heavy (non-hydrogen) atoms. The molecule has 1 N–H and O–H groups in total. The summed E-state index contributed by atoms with van der Waals surface area (Å²) < 4.78 is 18.9. The van der Waals surface area contributed by atoms with E-state index in [1.54, 1.807) is 17.0 Å². The summed E-state index contributed by atoms with van der Waals surface area (Å²) >= 11 is 1.24. The van der Waals surface area contributed by atoms with Gasteiger partial charge in [0.1, 0.15) is 11.9 Å². The molecule has 1 aliphatic heterocycles. The highest BCUT2D eigenvalue weighted by molar-refractivity contribution is 7.99. The minimum absolute atomic E-state index is 0.0715. The Morgan fingerprint density at radius 1 is 1.05 bits per heavy atom. The van der Waals surface area contributed by atoms with Crippen LogP contribution in [0, 0.1) is 19.7 Å². The molecule has 1 fully saturated rings. The Morgan fingerprint density at radius 3 is 2.31 bits per heavy atom. The van der Waals surface area contributed by atoms with Gasteiger partial charge in [-0.05, 0) is 68.3 Å². The van der Waals surface area contributed by atoms with Crippen molar-refractivity contribution in [3.8, 4) is 0 Å². The predicted molar refractivity (Wildman–Crippen MR) is 151 cm³/mol. The Bertz CT molecular complexity index is 1250. The Balaban J connectivity index is 1.49. The number of benzene rings is 2. The number of ether oxygens (including phenoxy) is 1. The topological polar surface area (TPSA) is 87.7 Å². The van der Waals surface area contributed by atoms with Gasteiger partial charge in [-0.3, -0.25) is 9.59 Å². The molecular formula is C29H34FN5O3S. The second kappa shape index (κ2) is 13.5. The maximum atomic E-state index is 13.5. The molecular weight excluding hydrogens is 517 g/mol. The molecule has 0 saturated carbocycles. The monoisotopic (exact) mass is 551 g/mol. The molecule has 10 heteroatoms. The molecule has 3 aromatic rings. The van der Waals surface area contributed by atoms with Crippen molar-refractivity contribution in [2.75, 3.05) is 42.3 Å². The van der Waals surface area contributed by atoms with Gasteiger partial charge in [0.05, 0.1) is 19.0 Å². The standard InChI is InChI=1S/C29H34FN5O3S/c1-4-26(28(37)33-24-9-11-25(12-10-24)34-13-15-38-16-14-34)35(18-22-5-7-23(30)8-6-22)27(36)19-39-29-31-20(2)17-21(3)32-29/h5-12,17,26H,4,13-16,18-19H2,1-3H3,(H,33,37). The number of thioether (sulfide) groups is 1. The molecule has 8 nitrogen and oxygen atoms in total. The quantitative estimate of drug-likeness (QED) is 0.291. The van der Waals surface area contributed by atoms with Crippen molar-refractivity contribution in [3.63, 3.8) is 0 Å². The van der Waals surface area contributed by atoms with E-state index < -0.39 is 6.04 Å². The van der Waals surface area contributed by atoms with Crippen LogP contribution in [0.2, 0.25) is 0 Å². The molecule has 0 spiro atoms. The summed E-state index contributed by atoms with van der Waals surface area (Å²) in [5.74, 6) is -0.789. The lowest BCUT2D eigenvalue weighted by Crippen LogP contribution is -2.47. The van der Waals surface area contributed by atoms with Crippen molar-refractivity contribution in [2.45, 2.75) is 44.9 Å². The minimum Gasteiger partial charge on any atom is -0.378 e. The van der Waals surface area contributed by atoms with Crippen LogP contribution in [0.1, 0.15) is 30.3 Å². The first kappa shape index (κ1) is 28.5. The number of carbonyl (C=O) groups excluding carboxylic acids is 2. The lowest BCUT2D eigenvalue weighted by atomic mass is 10.1. The van der Waals surface area contributed by atoms with Crippen LogP contribution in [0.4, 0.5) is 15.8 Å². The average Bonchev–Trinajstić information content (AvgIpc) is 2.93. The number of anilines is 2. The lowest BCUT2D eigenvalue weighted by molar-refractivity contribution is -0.137. The van der Waals surface area contributed by atoms with Gasteiger partial charge in [-0.1, -0.05) is 30.8 Å². The number of hydrogen-bond acceptors (Lipinski definition) is 7. The van der Waals surface area contributed by atoms with Gasteiger partial charge in [0.25, 0.3) is 0 Å². The van der Waals surface area contributed by atoms with Crippen LogP contribution in [0.15, 0.2) is 59.8 Å². The highest BCUT2D eigenvalue weighted by atomic mass is 32.2. The minimum atomic E-state index is -0.720. The first-order valence-corrected chi connectivity index (χ1v) is 14.0. The van der Waals surface area contributed by atoms with Crippen LogP contribution >= 0.6 is 11.8 Å². The number of halogens is 1. The number of morpholine rings is 1. The molecule has 1 atom stereocenters. The lowest BCUT2D eigenvalue weighted by Gasteiger charge is -2.31. The van der Waals surface area contributed by atoms with Crippen molar-refractivity contribution in [1.29, 1.82) is 0 Å². The number of aryl methyl sites for hydroxylation is 2. The smallest absolute Gasteiger partial charge is 0.247 e. The molecule has 1 saturated heterocycles. The van der Waals surface area contributed by atoms with E-state index in [4.69, 9.17) is 4.74 Å². The van der Waals surface area contributed by atoms with Gasteiger partial charge in [0, 0.05) is 42.4 Å². The fourth-order valence-electron chi connectivity index (χ4n) is 4.48. The SMILES string of the molecule is CCC(C(=O)Nc1ccc(N2CCOCC2)cc1)N(Cc1ccc(F)cc1)C(=O)CSc1nc(C)cc(C)n1. The van der Waals surface area contributed by atoms with Gasteiger partial charge >= 0.3 is 0 Å². The largest absolute Gasteiger partial charge is 0.378 e. The van der Waals surface area contributed by atoms with Gasteiger partial charge in [0.15, 0.2) is 5.16 Å². The van der Waals surface area contributed by atoms with Gasteiger partial charge in [-0.25, -0.2) is 14.4 Å². The van der Waals surface area contributed by atoms with E-state index in [2.05, 4.69) is 20.2 Å². The fraction of sp³-hybridized carbons (Fsp3) is 0.379. The Morgan fingerprint density at radius 2 is 1.69 bits per heavy atom. The summed E-state index contributed by atoms with van der Waals surface area (Å²) in [4.78, 5) is 39.6. The van der Waals surface area contributed by atoms with E-state index in [0.29, 0.717) is 30.5 Å². The third kappa shape index (κ3) is 8.00. The second-order valence-electron chi connectivity index (χ2n) is 9.43. The summed E-state index contributed by atoms with van der Waals surface area (Å²) in [6.45, 7) is 8.86. The third-order valence-electron chi connectivity index (χ3n) is 6.45. The molecule has 1 aromatic heterocycles. The summed E-state index contributed by atoms with van der Waals surface area (Å²) in [7, 11) is 0. The summed E-state index contributed by atoms with van der Waals surface area (Å²) in [6, 6.07) is 14.8. The fourth-order valence-corrected chi connectivity index (χ4v) is 5.31. The van der Waals surface area contributed by atoms with E-state index >= 15 is 0 Å². The van der Waals surface area contributed by atoms with Gasteiger partial charge in [-0.2, -0.15) is 0 Å². The Hall–Kier alpha value is -3.50. The maximum Gasteiger partial charge on any atom is 0.247 e. The summed E-state index contributed by atoms with van der Waals surface area (Å²) in [6.07, 6.45) is 0.412. The number of hydrogen-bond donors (Lipinski definition) is 1. The van der Waals surface area contributed by atoms with Crippen LogP contribution in [0.25, 0.3) is 0 Å². The Labute approximate surface area is 233 Å². The average molecular weight is 552 g/mol. The maximum absolute atomic E-state index is 13.5. The van der Waals surface area contributed by atoms with E-state index in [-0.39, 0.29) is 29.9 Å². The molecule has 206 valence electrons. The second-order valence-corrected chi connectivity index (χ2v) is 10.4. The molecule has 2 amide bonds. The van der Waals surface area contributed by atoms with E-state index in [0.717, 1.165) is 35.7 Å². The van der Waals surface area contributed by atoms with Crippen molar-refractivity contribution in [1.82, 2.24) is 14.9 Å². The number of nitrogens with one attached hydrogen (secondary N) is 1. The van der Waals surface area contributed by atoms with Crippen LogP contribution in [0.3, 0.4) is 0 Å². The summed E-state index contributed by atoms with van der Waals surface area (Å²) in [5.41, 5.74) is 4.11. The molecule has 4 rings (SSSR count). The Kier molecular flexibility index (Phi) is 9.89.